The summed E-state index contributed by atoms with van der Waals surface area (Å²) in [6, 6.07) is 6.65. The molecule has 0 spiro atoms. The highest BCUT2D eigenvalue weighted by molar-refractivity contribution is 5.35. The topological polar surface area (TPSA) is 66.5 Å². The van der Waals surface area contributed by atoms with Crippen molar-refractivity contribution in [1.29, 1.82) is 0 Å². The van der Waals surface area contributed by atoms with Crippen LogP contribution in [0.4, 0.5) is 0 Å². The molecule has 1 aromatic carbocycles. The van der Waals surface area contributed by atoms with Gasteiger partial charge in [0, 0.05) is 11.1 Å². The van der Waals surface area contributed by atoms with Crippen LogP contribution in [0.25, 0.3) is 0 Å². The Morgan fingerprint density at radius 1 is 1.31 bits per heavy atom. The van der Waals surface area contributed by atoms with Gasteiger partial charge in [-0.25, -0.2) is 0 Å². The Morgan fingerprint density at radius 2 is 1.85 bits per heavy atom. The second kappa shape index (κ2) is 3.36. The number of aliphatic hydroxyl groups is 1. The van der Waals surface area contributed by atoms with Crippen LogP contribution in [0, 0.1) is 0 Å². The number of phenolic OH excluding ortho intramolecular Hbond substituents is 1. The van der Waals surface area contributed by atoms with Gasteiger partial charge in [-0.1, -0.05) is 18.2 Å². The zero-order valence-electron chi connectivity index (χ0n) is 7.86. The van der Waals surface area contributed by atoms with Gasteiger partial charge in [-0.15, -0.1) is 0 Å². The van der Waals surface area contributed by atoms with Crippen molar-refractivity contribution in [3.8, 4) is 5.75 Å². The van der Waals surface area contributed by atoms with E-state index in [0.717, 1.165) is 0 Å². The fourth-order valence-electron chi connectivity index (χ4n) is 1.12. The van der Waals surface area contributed by atoms with E-state index in [1.165, 1.54) is 6.07 Å². The number of benzene rings is 1. The molecule has 0 bridgehead atoms. The Morgan fingerprint density at radius 3 is 2.31 bits per heavy atom. The van der Waals surface area contributed by atoms with E-state index in [0.29, 0.717) is 5.56 Å². The largest absolute Gasteiger partial charge is 0.508 e. The van der Waals surface area contributed by atoms with Crippen molar-refractivity contribution in [3.05, 3.63) is 29.8 Å². The molecule has 3 nitrogen and oxygen atoms in total. The first kappa shape index (κ1) is 10.0. The van der Waals surface area contributed by atoms with Gasteiger partial charge in [-0.2, -0.15) is 0 Å². The first-order chi connectivity index (χ1) is 5.93. The highest BCUT2D eigenvalue weighted by Crippen LogP contribution is 2.29. The van der Waals surface area contributed by atoms with Crippen LogP contribution in [0.5, 0.6) is 5.75 Å². The minimum Gasteiger partial charge on any atom is -0.508 e. The lowest BCUT2D eigenvalue weighted by Gasteiger charge is -2.26. The summed E-state index contributed by atoms with van der Waals surface area (Å²) in [6.45, 7) is 3.42. The van der Waals surface area contributed by atoms with Crippen LogP contribution < -0.4 is 5.73 Å². The summed E-state index contributed by atoms with van der Waals surface area (Å²) in [5.41, 5.74) is 5.44. The van der Waals surface area contributed by atoms with Crippen molar-refractivity contribution in [2.24, 2.45) is 5.73 Å². The van der Waals surface area contributed by atoms with Crippen molar-refractivity contribution >= 4 is 0 Å². The van der Waals surface area contributed by atoms with Gasteiger partial charge in [0.1, 0.15) is 5.75 Å². The smallest absolute Gasteiger partial charge is 0.121 e. The molecule has 13 heavy (non-hydrogen) atoms. The Balaban J connectivity index is 3.02. The predicted molar refractivity (Wildman–Crippen MR) is 51.3 cm³/mol. The van der Waals surface area contributed by atoms with Gasteiger partial charge in [-0.05, 0) is 19.9 Å². The van der Waals surface area contributed by atoms with Gasteiger partial charge in [-0.3, -0.25) is 0 Å². The molecule has 3 heteroatoms. The van der Waals surface area contributed by atoms with E-state index in [4.69, 9.17) is 5.73 Å². The van der Waals surface area contributed by atoms with Gasteiger partial charge < -0.3 is 15.9 Å². The van der Waals surface area contributed by atoms with E-state index >= 15 is 0 Å². The summed E-state index contributed by atoms with van der Waals surface area (Å²) in [5.74, 6) is 0.0773. The van der Waals surface area contributed by atoms with Crippen LogP contribution in [-0.2, 0) is 0 Å². The van der Waals surface area contributed by atoms with Crippen LogP contribution in [-0.4, -0.2) is 15.8 Å². The molecular weight excluding hydrogens is 166 g/mol. The molecule has 0 radical (unpaired) electrons. The highest BCUT2D eigenvalue weighted by Gasteiger charge is 2.26. The maximum absolute atomic E-state index is 9.75. The number of hydrogen-bond donors (Lipinski definition) is 3. The summed E-state index contributed by atoms with van der Waals surface area (Å²) < 4.78 is 0. The molecule has 4 N–H and O–H groups in total. The van der Waals surface area contributed by atoms with Crippen LogP contribution in [0.15, 0.2) is 24.3 Å². The summed E-state index contributed by atoms with van der Waals surface area (Å²) >= 11 is 0. The molecule has 72 valence electrons. The normalized spacial score (nSPS) is 14.2. The van der Waals surface area contributed by atoms with E-state index in [1.54, 1.807) is 32.0 Å². The molecule has 0 heterocycles. The first-order valence-electron chi connectivity index (χ1n) is 4.18. The van der Waals surface area contributed by atoms with Crippen LogP contribution >= 0.6 is 0 Å². The van der Waals surface area contributed by atoms with Gasteiger partial charge in [0.15, 0.2) is 0 Å². The van der Waals surface area contributed by atoms with Crippen molar-refractivity contribution in [2.45, 2.75) is 25.5 Å². The lowest BCUT2D eigenvalue weighted by molar-refractivity contribution is 0.102. The monoisotopic (exact) mass is 181 g/mol. The maximum Gasteiger partial charge on any atom is 0.121 e. The molecule has 0 aliphatic carbocycles. The van der Waals surface area contributed by atoms with Crippen molar-refractivity contribution < 1.29 is 10.2 Å². The maximum atomic E-state index is 9.75. The molecule has 1 atom stereocenters. The van der Waals surface area contributed by atoms with E-state index in [1.807, 2.05) is 0 Å². The predicted octanol–water partition coefficient (Wildman–Crippen LogP) is 1.16. The Labute approximate surface area is 77.8 Å². The van der Waals surface area contributed by atoms with Crippen LogP contribution in [0.2, 0.25) is 0 Å². The molecule has 1 rings (SSSR count). The fraction of sp³-hybridized carbons (Fsp3) is 0.400. The summed E-state index contributed by atoms with van der Waals surface area (Å²) in [6.07, 6.45) is -0.853. The SMILES string of the molecule is CC(C)(N)C(O)c1ccccc1O. The Hall–Kier alpha value is -1.06. The molecule has 0 aliphatic rings. The summed E-state index contributed by atoms with van der Waals surface area (Å²) in [5, 5.41) is 19.2. The van der Waals surface area contributed by atoms with E-state index < -0.39 is 11.6 Å². The quantitative estimate of drug-likeness (QED) is 0.641. The average Bonchev–Trinajstić information content (AvgIpc) is 2.02. The number of aliphatic hydroxyl groups excluding tert-OH is 1. The molecular formula is C10H15NO2. The van der Waals surface area contributed by atoms with Gasteiger partial charge >= 0.3 is 0 Å². The second-order valence-corrected chi connectivity index (χ2v) is 3.78. The van der Waals surface area contributed by atoms with Gasteiger partial charge in [0.25, 0.3) is 0 Å². The number of hydrogen-bond acceptors (Lipinski definition) is 3. The third kappa shape index (κ3) is 2.20. The highest BCUT2D eigenvalue weighted by atomic mass is 16.3. The minimum atomic E-state index is -0.853. The summed E-state index contributed by atoms with van der Waals surface area (Å²) in [7, 11) is 0. The third-order valence-corrected chi connectivity index (χ3v) is 1.94. The number of aromatic hydroxyl groups is 1. The fourth-order valence-corrected chi connectivity index (χ4v) is 1.12. The molecule has 0 amide bonds. The number of phenols is 1. The third-order valence-electron chi connectivity index (χ3n) is 1.94. The molecule has 0 aliphatic heterocycles. The lowest BCUT2D eigenvalue weighted by atomic mass is 9.92. The zero-order valence-corrected chi connectivity index (χ0v) is 7.86. The zero-order chi connectivity index (χ0) is 10.1. The van der Waals surface area contributed by atoms with E-state index in [-0.39, 0.29) is 5.75 Å². The minimum absolute atomic E-state index is 0.0773. The molecule has 1 unspecified atom stereocenters. The average molecular weight is 181 g/mol. The van der Waals surface area contributed by atoms with Crippen molar-refractivity contribution in [2.75, 3.05) is 0 Å². The molecule has 0 saturated carbocycles. The van der Waals surface area contributed by atoms with Crippen molar-refractivity contribution in [3.63, 3.8) is 0 Å². The standard InChI is InChI=1S/C10H15NO2/c1-10(2,11)9(13)7-5-3-4-6-8(7)12/h3-6,9,12-13H,11H2,1-2H3. The van der Waals surface area contributed by atoms with Crippen molar-refractivity contribution in [1.82, 2.24) is 0 Å². The van der Waals surface area contributed by atoms with E-state index in [2.05, 4.69) is 0 Å². The molecule has 0 fully saturated rings. The Bertz CT molecular complexity index is 291. The van der Waals surface area contributed by atoms with Crippen LogP contribution in [0.1, 0.15) is 25.5 Å². The first-order valence-corrected chi connectivity index (χ1v) is 4.18. The Kier molecular flexibility index (Phi) is 2.59. The second-order valence-electron chi connectivity index (χ2n) is 3.78. The lowest BCUT2D eigenvalue weighted by Crippen LogP contribution is -2.39. The van der Waals surface area contributed by atoms with E-state index in [9.17, 15) is 10.2 Å². The van der Waals surface area contributed by atoms with Gasteiger partial charge in [0.05, 0.1) is 6.10 Å². The molecule has 0 saturated heterocycles. The van der Waals surface area contributed by atoms with Gasteiger partial charge in [0.2, 0.25) is 0 Å². The summed E-state index contributed by atoms with van der Waals surface area (Å²) in [4.78, 5) is 0. The number of para-hydroxylation sites is 1. The number of nitrogens with two attached hydrogens (primary N) is 1. The number of rotatable bonds is 2. The van der Waals surface area contributed by atoms with Crippen LogP contribution in [0.3, 0.4) is 0 Å². The molecule has 0 aromatic heterocycles. The molecule has 1 aromatic rings.